The maximum absolute atomic E-state index is 12.8. The highest BCUT2D eigenvalue weighted by molar-refractivity contribution is 7.89. The van der Waals surface area contributed by atoms with Crippen LogP contribution in [0.15, 0.2) is 41.3 Å². The van der Waals surface area contributed by atoms with E-state index in [2.05, 4.69) is 4.72 Å². The minimum Gasteiger partial charge on any atom is -0.496 e. The van der Waals surface area contributed by atoms with Gasteiger partial charge in [-0.05, 0) is 43.0 Å². The second-order valence-electron chi connectivity index (χ2n) is 6.02. The van der Waals surface area contributed by atoms with Crippen molar-refractivity contribution in [3.63, 3.8) is 0 Å². The first kappa shape index (κ1) is 19.9. The Bertz CT molecular complexity index is 925. The highest BCUT2D eigenvalue weighted by Crippen LogP contribution is 2.27. The van der Waals surface area contributed by atoms with Crippen LogP contribution in [-0.4, -0.2) is 20.5 Å². The molecule has 8 heteroatoms. The zero-order chi connectivity index (χ0) is 19.5. The summed E-state index contributed by atoms with van der Waals surface area (Å²) in [5.74, 6) is 0.723. The number of ether oxygens (including phenoxy) is 1. The van der Waals surface area contributed by atoms with Gasteiger partial charge in [-0.25, -0.2) is 13.1 Å². The number of non-ortho nitro benzene ring substituents is 1. The number of hydrogen-bond acceptors (Lipinski definition) is 5. The summed E-state index contributed by atoms with van der Waals surface area (Å²) in [6.45, 7) is 5.36. The molecule has 0 amide bonds. The van der Waals surface area contributed by atoms with Crippen LogP contribution < -0.4 is 9.46 Å². The number of nitro groups is 1. The van der Waals surface area contributed by atoms with E-state index in [4.69, 9.17) is 4.74 Å². The lowest BCUT2D eigenvalue weighted by Gasteiger charge is -2.19. The molecule has 1 unspecified atom stereocenters. The quantitative estimate of drug-likeness (QED) is 0.586. The van der Waals surface area contributed by atoms with Crippen LogP contribution in [0.5, 0.6) is 5.75 Å². The Labute approximate surface area is 153 Å². The van der Waals surface area contributed by atoms with Crippen molar-refractivity contribution < 1.29 is 18.1 Å². The SMILES string of the molecule is CCC(NS(=O)(=O)c1cc([N+](=O)[O-])ccc1C)c1ccc(OC)c(C)c1. The molecule has 2 aromatic rings. The third-order valence-corrected chi connectivity index (χ3v) is 5.81. The summed E-state index contributed by atoms with van der Waals surface area (Å²) < 4.78 is 33.5. The molecule has 0 fully saturated rings. The second-order valence-corrected chi connectivity index (χ2v) is 7.70. The monoisotopic (exact) mass is 378 g/mol. The smallest absolute Gasteiger partial charge is 0.270 e. The van der Waals surface area contributed by atoms with Crippen LogP contribution in [0.4, 0.5) is 5.69 Å². The molecule has 0 aliphatic rings. The maximum Gasteiger partial charge on any atom is 0.270 e. The fourth-order valence-corrected chi connectivity index (χ4v) is 4.32. The number of hydrogen-bond donors (Lipinski definition) is 1. The van der Waals surface area contributed by atoms with Crippen molar-refractivity contribution in [3.05, 3.63) is 63.2 Å². The second kappa shape index (κ2) is 7.84. The third-order valence-electron chi connectivity index (χ3n) is 4.20. The largest absolute Gasteiger partial charge is 0.496 e. The number of aryl methyl sites for hydroxylation is 2. The normalized spacial score (nSPS) is 12.6. The molecule has 0 bridgehead atoms. The fraction of sp³-hybridized carbons (Fsp3) is 0.333. The Morgan fingerprint density at radius 2 is 1.85 bits per heavy atom. The summed E-state index contributed by atoms with van der Waals surface area (Å²) in [5.41, 5.74) is 1.89. The summed E-state index contributed by atoms with van der Waals surface area (Å²) in [7, 11) is -2.34. The van der Waals surface area contributed by atoms with Crippen LogP contribution in [0.1, 0.15) is 36.1 Å². The van der Waals surface area contributed by atoms with Crippen molar-refractivity contribution in [1.82, 2.24) is 4.72 Å². The molecule has 2 rings (SSSR count). The van der Waals surface area contributed by atoms with E-state index in [1.165, 1.54) is 12.1 Å². The van der Waals surface area contributed by atoms with Crippen molar-refractivity contribution >= 4 is 15.7 Å². The van der Waals surface area contributed by atoms with Crippen molar-refractivity contribution in [3.8, 4) is 5.75 Å². The molecule has 1 atom stereocenters. The van der Waals surface area contributed by atoms with Crippen LogP contribution in [0, 0.1) is 24.0 Å². The molecule has 0 saturated heterocycles. The summed E-state index contributed by atoms with van der Waals surface area (Å²) in [4.78, 5) is 10.3. The minimum absolute atomic E-state index is 0.0876. The van der Waals surface area contributed by atoms with E-state index >= 15 is 0 Å². The van der Waals surface area contributed by atoms with Crippen molar-refractivity contribution in [1.29, 1.82) is 0 Å². The molecule has 0 heterocycles. The lowest BCUT2D eigenvalue weighted by Crippen LogP contribution is -2.29. The topological polar surface area (TPSA) is 98.5 Å². The van der Waals surface area contributed by atoms with Crippen LogP contribution in [0.25, 0.3) is 0 Å². The highest BCUT2D eigenvalue weighted by Gasteiger charge is 2.24. The number of benzene rings is 2. The minimum atomic E-state index is -3.92. The molecule has 7 nitrogen and oxygen atoms in total. The van der Waals surface area contributed by atoms with E-state index in [9.17, 15) is 18.5 Å². The number of sulfonamides is 1. The molecule has 1 N–H and O–H groups in total. The van der Waals surface area contributed by atoms with Gasteiger partial charge in [-0.2, -0.15) is 0 Å². The zero-order valence-electron chi connectivity index (χ0n) is 15.1. The first-order chi connectivity index (χ1) is 12.2. The standard InChI is InChI=1S/C18H22N2O5S/c1-5-16(14-7-9-17(25-4)13(3)10-14)19-26(23,24)18-11-15(20(21)22)8-6-12(18)2/h6-11,16,19H,5H2,1-4H3. The van der Waals surface area contributed by atoms with E-state index in [1.807, 2.05) is 26.0 Å². The molecular weight excluding hydrogens is 356 g/mol. The molecule has 140 valence electrons. The van der Waals surface area contributed by atoms with E-state index in [1.54, 1.807) is 20.1 Å². The fourth-order valence-electron chi connectivity index (χ4n) is 2.75. The number of nitrogens with zero attached hydrogens (tertiary/aromatic N) is 1. The van der Waals surface area contributed by atoms with Crippen molar-refractivity contribution in [2.45, 2.75) is 38.1 Å². The zero-order valence-corrected chi connectivity index (χ0v) is 16.0. The summed E-state index contributed by atoms with van der Waals surface area (Å²) in [5, 5.41) is 11.0. The molecule has 2 aromatic carbocycles. The van der Waals surface area contributed by atoms with Gasteiger partial charge in [-0.15, -0.1) is 0 Å². The van der Waals surface area contributed by atoms with Gasteiger partial charge in [0.15, 0.2) is 0 Å². The average molecular weight is 378 g/mol. The molecule has 26 heavy (non-hydrogen) atoms. The molecular formula is C18H22N2O5S. The molecule has 0 radical (unpaired) electrons. The first-order valence-corrected chi connectivity index (χ1v) is 9.59. The number of rotatable bonds is 7. The van der Waals surface area contributed by atoms with E-state index in [0.29, 0.717) is 12.0 Å². The first-order valence-electron chi connectivity index (χ1n) is 8.11. The Morgan fingerprint density at radius 3 is 2.38 bits per heavy atom. The molecule has 0 saturated carbocycles. The van der Waals surface area contributed by atoms with Crippen molar-refractivity contribution in [2.24, 2.45) is 0 Å². The van der Waals surface area contributed by atoms with Crippen LogP contribution in [0.2, 0.25) is 0 Å². The summed E-state index contributed by atoms with van der Waals surface area (Å²) in [6, 6.07) is 8.83. The van der Waals surface area contributed by atoms with Crippen molar-refractivity contribution in [2.75, 3.05) is 7.11 Å². The van der Waals surface area contributed by atoms with Crippen LogP contribution >= 0.6 is 0 Å². The highest BCUT2D eigenvalue weighted by atomic mass is 32.2. The Hall–Kier alpha value is -2.45. The molecule has 0 aliphatic heterocycles. The Morgan fingerprint density at radius 1 is 1.15 bits per heavy atom. The van der Waals surface area contributed by atoms with Gasteiger partial charge >= 0.3 is 0 Å². The summed E-state index contributed by atoms with van der Waals surface area (Å²) in [6.07, 6.45) is 0.527. The van der Waals surface area contributed by atoms with E-state index in [-0.39, 0.29) is 10.6 Å². The molecule has 0 aliphatic carbocycles. The van der Waals surface area contributed by atoms with Gasteiger partial charge in [-0.3, -0.25) is 10.1 Å². The third kappa shape index (κ3) is 4.20. The van der Waals surface area contributed by atoms with Crippen LogP contribution in [0.3, 0.4) is 0 Å². The molecule has 0 aromatic heterocycles. The summed E-state index contributed by atoms with van der Waals surface area (Å²) >= 11 is 0. The van der Waals surface area contributed by atoms with Gasteiger partial charge in [0, 0.05) is 18.2 Å². The molecule has 0 spiro atoms. The van der Waals surface area contributed by atoms with E-state index in [0.717, 1.165) is 22.9 Å². The van der Waals surface area contributed by atoms with Gasteiger partial charge in [-0.1, -0.05) is 25.1 Å². The lowest BCUT2D eigenvalue weighted by atomic mass is 10.0. The Balaban J connectivity index is 2.39. The van der Waals surface area contributed by atoms with Gasteiger partial charge in [0.25, 0.3) is 5.69 Å². The Kier molecular flexibility index (Phi) is 5.99. The predicted molar refractivity (Wildman–Crippen MR) is 98.9 cm³/mol. The van der Waals surface area contributed by atoms with Gasteiger partial charge in [0.2, 0.25) is 10.0 Å². The predicted octanol–water partition coefficient (Wildman–Crippen LogP) is 3.65. The van der Waals surface area contributed by atoms with Gasteiger partial charge in [0.1, 0.15) is 5.75 Å². The average Bonchev–Trinajstić information content (AvgIpc) is 2.59. The number of methoxy groups -OCH3 is 1. The van der Waals surface area contributed by atoms with Gasteiger partial charge < -0.3 is 4.74 Å². The number of nitro benzene ring substituents is 1. The lowest BCUT2D eigenvalue weighted by molar-refractivity contribution is -0.385. The van der Waals surface area contributed by atoms with Gasteiger partial charge in [0.05, 0.1) is 16.9 Å². The maximum atomic E-state index is 12.8. The van der Waals surface area contributed by atoms with E-state index < -0.39 is 21.0 Å². The number of nitrogens with one attached hydrogen (secondary N) is 1. The van der Waals surface area contributed by atoms with Crippen LogP contribution in [-0.2, 0) is 10.0 Å².